The summed E-state index contributed by atoms with van der Waals surface area (Å²) in [6.07, 6.45) is 1.65. The predicted octanol–water partition coefficient (Wildman–Crippen LogP) is 3.99. The van der Waals surface area contributed by atoms with Gasteiger partial charge in [0, 0.05) is 30.0 Å². The molecular weight excluding hydrogens is 586 g/mol. The van der Waals surface area contributed by atoms with Crippen molar-refractivity contribution in [3.05, 3.63) is 95.8 Å². The molecule has 4 aromatic rings. The number of hydrogen-bond donors (Lipinski definition) is 2. The smallest absolute Gasteiger partial charge is 0.251 e. The number of benzene rings is 3. The Morgan fingerprint density at radius 1 is 0.857 bits per heavy atom. The maximum atomic E-state index is 13.6. The number of sulfonamides is 1. The van der Waals surface area contributed by atoms with Gasteiger partial charge >= 0.3 is 0 Å². The summed E-state index contributed by atoms with van der Waals surface area (Å²) < 4.78 is 55.3. The molecule has 0 radical (unpaired) electrons. The van der Waals surface area contributed by atoms with Gasteiger partial charge in [-0.2, -0.15) is 4.31 Å². The summed E-state index contributed by atoms with van der Waals surface area (Å²) in [5.74, 6) is -1.39. The number of aromatic nitrogens is 3. The van der Waals surface area contributed by atoms with E-state index in [9.17, 15) is 26.8 Å². The number of thioether (sulfide) groups is 1. The van der Waals surface area contributed by atoms with Gasteiger partial charge in [-0.3, -0.25) is 14.2 Å². The second-order valence-electron chi connectivity index (χ2n) is 9.37. The molecule has 14 heteroatoms. The van der Waals surface area contributed by atoms with Gasteiger partial charge in [0.2, 0.25) is 15.9 Å². The molecule has 5 rings (SSSR count). The predicted molar refractivity (Wildman–Crippen MR) is 153 cm³/mol. The molecular formula is C28H26F2N6O4S2. The Morgan fingerprint density at radius 2 is 1.48 bits per heavy atom. The lowest BCUT2D eigenvalue weighted by atomic mass is 10.2. The molecule has 218 valence electrons. The molecule has 3 aromatic carbocycles. The zero-order valence-electron chi connectivity index (χ0n) is 22.2. The van der Waals surface area contributed by atoms with Gasteiger partial charge in [-0.1, -0.05) is 11.8 Å². The van der Waals surface area contributed by atoms with Crippen molar-refractivity contribution in [1.82, 2.24) is 24.4 Å². The van der Waals surface area contributed by atoms with Crippen molar-refractivity contribution < 1.29 is 26.8 Å². The van der Waals surface area contributed by atoms with Gasteiger partial charge in [0.15, 0.2) is 11.0 Å². The average Bonchev–Trinajstić information content (AvgIpc) is 3.68. The van der Waals surface area contributed by atoms with E-state index in [4.69, 9.17) is 0 Å². The van der Waals surface area contributed by atoms with Crippen molar-refractivity contribution in [1.29, 1.82) is 0 Å². The lowest BCUT2D eigenvalue weighted by Crippen LogP contribution is -2.28. The first kappa shape index (κ1) is 29.4. The first-order valence-corrected chi connectivity index (χ1v) is 15.4. The number of nitrogens with zero attached hydrogens (tertiary/aromatic N) is 4. The highest BCUT2D eigenvalue weighted by molar-refractivity contribution is 7.99. The standard InChI is InChI=1S/C28H26F2N6O4S2/c29-20-5-9-22(10-6-20)32-26(37)18-41-28-34-33-25(36(28)23-11-7-21(30)8-12-23)17-31-27(38)19-3-13-24(14-4-19)42(39,40)35-15-1-2-16-35/h3-14H,1-2,15-18H2,(H,31,38)(H,32,37). The number of carbonyl (C=O) groups is 2. The molecule has 10 nitrogen and oxygen atoms in total. The summed E-state index contributed by atoms with van der Waals surface area (Å²) in [5, 5.41) is 14.1. The molecule has 1 aromatic heterocycles. The monoisotopic (exact) mass is 612 g/mol. The van der Waals surface area contributed by atoms with Crippen LogP contribution in [0.25, 0.3) is 5.69 Å². The van der Waals surface area contributed by atoms with Crippen LogP contribution in [-0.4, -0.2) is 58.1 Å². The fraction of sp³-hybridized carbons (Fsp3) is 0.214. The summed E-state index contributed by atoms with van der Waals surface area (Å²) >= 11 is 1.08. The van der Waals surface area contributed by atoms with Crippen LogP contribution in [0.3, 0.4) is 0 Å². The number of carbonyl (C=O) groups excluding carboxylic acids is 2. The van der Waals surface area contributed by atoms with Gasteiger partial charge in [0.25, 0.3) is 5.91 Å². The summed E-state index contributed by atoms with van der Waals surface area (Å²) in [6, 6.07) is 16.7. The second-order valence-corrected chi connectivity index (χ2v) is 12.3. The minimum Gasteiger partial charge on any atom is -0.345 e. The van der Waals surface area contributed by atoms with Crippen molar-refractivity contribution in [2.75, 3.05) is 24.2 Å². The van der Waals surface area contributed by atoms with Crippen LogP contribution in [-0.2, 0) is 21.4 Å². The summed E-state index contributed by atoms with van der Waals surface area (Å²) in [5.41, 5.74) is 1.21. The third-order valence-corrected chi connectivity index (χ3v) is 9.31. The van der Waals surface area contributed by atoms with Crippen molar-refractivity contribution in [2.24, 2.45) is 0 Å². The second kappa shape index (κ2) is 12.8. The van der Waals surface area contributed by atoms with Crippen LogP contribution in [0.15, 0.2) is 82.8 Å². The lowest BCUT2D eigenvalue weighted by Gasteiger charge is -2.15. The molecule has 0 bridgehead atoms. The SMILES string of the molecule is O=C(CSc1nnc(CNC(=O)c2ccc(S(=O)(=O)N3CCCC3)cc2)n1-c1ccc(F)cc1)Nc1ccc(F)cc1. The molecule has 0 atom stereocenters. The first-order chi connectivity index (χ1) is 20.2. The van der Waals surface area contributed by atoms with Crippen LogP contribution in [0.5, 0.6) is 0 Å². The van der Waals surface area contributed by atoms with Crippen LogP contribution in [0.4, 0.5) is 14.5 Å². The highest BCUT2D eigenvalue weighted by Crippen LogP contribution is 2.24. The molecule has 1 aliphatic rings. The van der Waals surface area contributed by atoms with Gasteiger partial charge in [0.05, 0.1) is 17.2 Å². The molecule has 1 fully saturated rings. The minimum atomic E-state index is -3.60. The summed E-state index contributed by atoms with van der Waals surface area (Å²) in [6.45, 7) is 0.913. The normalized spacial score (nSPS) is 13.7. The van der Waals surface area contributed by atoms with E-state index in [1.165, 1.54) is 77.1 Å². The van der Waals surface area contributed by atoms with E-state index < -0.39 is 27.6 Å². The van der Waals surface area contributed by atoms with Gasteiger partial charge in [-0.25, -0.2) is 17.2 Å². The molecule has 0 saturated carbocycles. The molecule has 1 saturated heterocycles. The Balaban J connectivity index is 1.27. The zero-order chi connectivity index (χ0) is 29.7. The molecule has 1 aliphatic heterocycles. The van der Waals surface area contributed by atoms with E-state index >= 15 is 0 Å². The maximum Gasteiger partial charge on any atom is 0.251 e. The van der Waals surface area contributed by atoms with Crippen LogP contribution in [0.2, 0.25) is 0 Å². The van der Waals surface area contributed by atoms with Crippen LogP contribution in [0.1, 0.15) is 29.0 Å². The molecule has 2 heterocycles. The van der Waals surface area contributed by atoms with Crippen LogP contribution >= 0.6 is 11.8 Å². The molecule has 0 spiro atoms. The summed E-state index contributed by atoms with van der Waals surface area (Å²) in [7, 11) is -3.60. The Kier molecular flexibility index (Phi) is 8.94. The Labute approximate surface area is 245 Å². The maximum absolute atomic E-state index is 13.6. The topological polar surface area (TPSA) is 126 Å². The van der Waals surface area contributed by atoms with Gasteiger partial charge in [-0.15, -0.1) is 10.2 Å². The zero-order valence-corrected chi connectivity index (χ0v) is 23.8. The fourth-order valence-corrected chi connectivity index (χ4v) is 6.62. The largest absolute Gasteiger partial charge is 0.345 e. The van der Waals surface area contributed by atoms with E-state index in [1.807, 2.05) is 0 Å². The van der Waals surface area contributed by atoms with E-state index in [1.54, 1.807) is 4.57 Å². The third kappa shape index (κ3) is 6.83. The Morgan fingerprint density at radius 3 is 2.12 bits per heavy atom. The van der Waals surface area contributed by atoms with E-state index in [0.717, 1.165) is 24.6 Å². The van der Waals surface area contributed by atoms with Crippen molar-refractivity contribution in [2.45, 2.75) is 29.4 Å². The van der Waals surface area contributed by atoms with Crippen molar-refractivity contribution in [3.8, 4) is 5.69 Å². The Hall–Kier alpha value is -4.14. The van der Waals surface area contributed by atoms with Crippen LogP contribution in [0, 0.1) is 11.6 Å². The molecule has 42 heavy (non-hydrogen) atoms. The summed E-state index contributed by atoms with van der Waals surface area (Å²) in [4.78, 5) is 25.5. The lowest BCUT2D eigenvalue weighted by molar-refractivity contribution is -0.113. The highest BCUT2D eigenvalue weighted by atomic mass is 32.2. The number of hydrogen-bond acceptors (Lipinski definition) is 7. The first-order valence-electron chi connectivity index (χ1n) is 13.0. The number of anilines is 1. The fourth-order valence-electron chi connectivity index (χ4n) is 4.34. The molecule has 2 amide bonds. The van der Waals surface area contributed by atoms with Crippen molar-refractivity contribution in [3.63, 3.8) is 0 Å². The van der Waals surface area contributed by atoms with Gasteiger partial charge in [0.1, 0.15) is 11.6 Å². The minimum absolute atomic E-state index is 0.0459. The van der Waals surface area contributed by atoms with E-state index in [-0.39, 0.29) is 28.7 Å². The molecule has 0 aliphatic carbocycles. The van der Waals surface area contributed by atoms with E-state index in [2.05, 4.69) is 20.8 Å². The van der Waals surface area contributed by atoms with Gasteiger partial charge < -0.3 is 10.6 Å². The average molecular weight is 613 g/mol. The Bertz CT molecular complexity index is 1670. The van der Waals surface area contributed by atoms with E-state index in [0.29, 0.717) is 35.4 Å². The van der Waals surface area contributed by atoms with Gasteiger partial charge in [-0.05, 0) is 85.6 Å². The molecule has 2 N–H and O–H groups in total. The highest BCUT2D eigenvalue weighted by Gasteiger charge is 2.27. The quantitative estimate of drug-likeness (QED) is 0.260. The van der Waals surface area contributed by atoms with Crippen molar-refractivity contribution >= 4 is 39.3 Å². The number of halogens is 2. The number of rotatable bonds is 10. The number of amides is 2. The molecule has 0 unspecified atom stereocenters. The third-order valence-electron chi connectivity index (χ3n) is 6.47. The van der Waals surface area contributed by atoms with Crippen LogP contribution < -0.4 is 10.6 Å². The number of nitrogens with one attached hydrogen (secondary N) is 2.